The second kappa shape index (κ2) is 9.77. The SMILES string of the molecule is COc1ccc(CNc2nc3ccccn3c(=O)c2C=C2SC(=S)N(Cc3ccco3)C2=O)cc1. The zero-order chi connectivity index (χ0) is 24.4. The van der Waals surface area contributed by atoms with Gasteiger partial charge in [-0.3, -0.25) is 18.9 Å². The van der Waals surface area contributed by atoms with E-state index in [-0.39, 0.29) is 23.6 Å². The topological polar surface area (TPSA) is 89.1 Å². The Morgan fingerprint density at radius 2 is 1.97 bits per heavy atom. The van der Waals surface area contributed by atoms with Gasteiger partial charge in [-0.25, -0.2) is 4.98 Å². The van der Waals surface area contributed by atoms with Crippen LogP contribution < -0.4 is 15.6 Å². The van der Waals surface area contributed by atoms with E-state index in [1.807, 2.05) is 30.3 Å². The van der Waals surface area contributed by atoms with Crippen molar-refractivity contribution in [2.45, 2.75) is 13.1 Å². The summed E-state index contributed by atoms with van der Waals surface area (Å²) in [6, 6.07) is 16.5. The van der Waals surface area contributed by atoms with E-state index in [0.29, 0.717) is 33.0 Å². The average Bonchev–Trinajstić information content (AvgIpc) is 3.49. The molecule has 5 rings (SSSR count). The summed E-state index contributed by atoms with van der Waals surface area (Å²) >= 11 is 6.57. The number of thioether (sulfide) groups is 1. The molecule has 1 aromatic carbocycles. The van der Waals surface area contributed by atoms with Crippen molar-refractivity contribution in [3.05, 3.63) is 99.2 Å². The van der Waals surface area contributed by atoms with Crippen LogP contribution in [0.25, 0.3) is 11.7 Å². The van der Waals surface area contributed by atoms with Gasteiger partial charge >= 0.3 is 0 Å². The monoisotopic (exact) mass is 504 g/mol. The number of hydrogen-bond acceptors (Lipinski definition) is 8. The fourth-order valence-corrected chi connectivity index (χ4v) is 4.86. The zero-order valence-corrected chi connectivity index (χ0v) is 20.3. The molecule has 0 spiro atoms. The van der Waals surface area contributed by atoms with Crippen molar-refractivity contribution >= 4 is 51.7 Å². The van der Waals surface area contributed by atoms with E-state index in [2.05, 4.69) is 10.3 Å². The first kappa shape index (κ1) is 22.9. The minimum Gasteiger partial charge on any atom is -0.497 e. The number of aromatic nitrogens is 2. The molecule has 1 fully saturated rings. The lowest BCUT2D eigenvalue weighted by molar-refractivity contribution is -0.122. The number of methoxy groups -OCH3 is 1. The number of pyridine rings is 1. The van der Waals surface area contributed by atoms with E-state index in [1.165, 1.54) is 9.30 Å². The van der Waals surface area contributed by atoms with Crippen LogP contribution in [-0.2, 0) is 17.9 Å². The van der Waals surface area contributed by atoms with Crippen molar-refractivity contribution < 1.29 is 13.9 Å². The Morgan fingerprint density at radius 3 is 2.71 bits per heavy atom. The predicted octanol–water partition coefficient (Wildman–Crippen LogP) is 4.31. The van der Waals surface area contributed by atoms with Gasteiger partial charge in [0.1, 0.15) is 27.3 Å². The molecule has 4 heterocycles. The van der Waals surface area contributed by atoms with E-state index in [4.69, 9.17) is 21.4 Å². The van der Waals surface area contributed by atoms with Crippen molar-refractivity contribution in [2.24, 2.45) is 0 Å². The van der Waals surface area contributed by atoms with E-state index in [0.717, 1.165) is 23.1 Å². The van der Waals surface area contributed by atoms with Crippen molar-refractivity contribution in [3.8, 4) is 5.75 Å². The summed E-state index contributed by atoms with van der Waals surface area (Å²) in [4.78, 5) is 33.0. The van der Waals surface area contributed by atoms with E-state index < -0.39 is 0 Å². The number of fused-ring (bicyclic) bond motifs is 1. The number of benzene rings is 1. The maximum atomic E-state index is 13.4. The maximum Gasteiger partial charge on any atom is 0.267 e. The van der Waals surface area contributed by atoms with Crippen LogP contribution in [0, 0.1) is 0 Å². The first-order chi connectivity index (χ1) is 17.0. The quantitative estimate of drug-likeness (QED) is 0.294. The second-order valence-corrected chi connectivity index (χ2v) is 9.33. The third-order valence-electron chi connectivity index (χ3n) is 5.43. The highest BCUT2D eigenvalue weighted by Gasteiger charge is 2.33. The van der Waals surface area contributed by atoms with E-state index in [1.54, 1.807) is 49.9 Å². The summed E-state index contributed by atoms with van der Waals surface area (Å²) in [5.74, 6) is 1.48. The second-order valence-electron chi connectivity index (χ2n) is 7.66. The van der Waals surface area contributed by atoms with Crippen molar-refractivity contribution in [3.63, 3.8) is 0 Å². The number of nitrogens with zero attached hydrogens (tertiary/aromatic N) is 3. The van der Waals surface area contributed by atoms with Gasteiger partial charge in [-0.1, -0.05) is 42.2 Å². The highest BCUT2D eigenvalue weighted by Crippen LogP contribution is 2.34. The van der Waals surface area contributed by atoms with Crippen LogP contribution in [-0.4, -0.2) is 31.6 Å². The fourth-order valence-electron chi connectivity index (χ4n) is 3.62. The number of nitrogens with one attached hydrogen (secondary N) is 1. The Balaban J connectivity index is 1.50. The molecule has 8 nitrogen and oxygen atoms in total. The maximum absolute atomic E-state index is 13.4. The van der Waals surface area contributed by atoms with Crippen LogP contribution in [0.1, 0.15) is 16.9 Å². The molecule has 0 atom stereocenters. The van der Waals surface area contributed by atoms with E-state index >= 15 is 0 Å². The Labute approximate surface area is 210 Å². The lowest BCUT2D eigenvalue weighted by Gasteiger charge is -2.12. The van der Waals surface area contributed by atoms with Crippen molar-refractivity contribution in [2.75, 3.05) is 12.4 Å². The molecule has 0 bridgehead atoms. The molecule has 1 saturated heterocycles. The Morgan fingerprint density at radius 1 is 1.14 bits per heavy atom. The highest BCUT2D eigenvalue weighted by molar-refractivity contribution is 8.26. The number of carbonyl (C=O) groups is 1. The minimum absolute atomic E-state index is 0.229. The molecule has 176 valence electrons. The van der Waals surface area contributed by atoms with Crippen LogP contribution in [0.3, 0.4) is 0 Å². The lowest BCUT2D eigenvalue weighted by Crippen LogP contribution is -2.27. The number of carbonyl (C=O) groups excluding carboxylic acids is 1. The highest BCUT2D eigenvalue weighted by atomic mass is 32.2. The van der Waals surface area contributed by atoms with Gasteiger partial charge in [0, 0.05) is 12.7 Å². The first-order valence-electron chi connectivity index (χ1n) is 10.7. The number of hydrogen-bond donors (Lipinski definition) is 1. The predicted molar refractivity (Wildman–Crippen MR) is 139 cm³/mol. The fraction of sp³-hybridized carbons (Fsp3) is 0.120. The summed E-state index contributed by atoms with van der Waals surface area (Å²) in [5.41, 5.74) is 1.47. The van der Waals surface area contributed by atoms with Gasteiger partial charge in [-0.2, -0.15) is 0 Å². The standard InChI is InChI=1S/C25H20N4O4S2/c1-32-17-9-7-16(8-10-17)14-26-22-19(23(30)28-11-3-2-6-21(28)27-22)13-20-24(31)29(25(34)35-20)15-18-5-4-12-33-18/h2-13,26H,14-15H2,1H3. The number of ether oxygens (including phenoxy) is 1. The molecular weight excluding hydrogens is 484 g/mol. The Bertz CT molecular complexity index is 1490. The van der Waals surface area contributed by atoms with Crippen LogP contribution in [0.2, 0.25) is 0 Å². The summed E-state index contributed by atoms with van der Waals surface area (Å²) in [7, 11) is 1.61. The van der Waals surface area contributed by atoms with Crippen molar-refractivity contribution in [1.82, 2.24) is 14.3 Å². The van der Waals surface area contributed by atoms with Gasteiger partial charge in [0.15, 0.2) is 0 Å². The first-order valence-corrected chi connectivity index (χ1v) is 11.9. The lowest BCUT2D eigenvalue weighted by atomic mass is 10.2. The van der Waals surface area contributed by atoms with Gasteiger partial charge in [-0.15, -0.1) is 0 Å². The molecule has 3 aromatic heterocycles. The van der Waals surface area contributed by atoms with Gasteiger partial charge in [0.25, 0.3) is 11.5 Å². The van der Waals surface area contributed by atoms with Gasteiger partial charge in [0.2, 0.25) is 0 Å². The molecule has 0 saturated carbocycles. The molecule has 4 aromatic rings. The number of amides is 1. The van der Waals surface area contributed by atoms with Gasteiger partial charge in [0.05, 0.1) is 30.4 Å². The minimum atomic E-state index is -0.288. The number of anilines is 1. The number of furan rings is 1. The molecular formula is C25H20N4O4S2. The largest absolute Gasteiger partial charge is 0.497 e. The zero-order valence-electron chi connectivity index (χ0n) is 18.6. The Kier molecular flexibility index (Phi) is 6.39. The third-order valence-corrected chi connectivity index (χ3v) is 6.81. The summed E-state index contributed by atoms with van der Waals surface area (Å²) in [5, 5.41) is 3.26. The number of rotatable bonds is 7. The molecule has 1 aliphatic rings. The smallest absolute Gasteiger partial charge is 0.267 e. The summed E-state index contributed by atoms with van der Waals surface area (Å²) < 4.78 is 12.4. The van der Waals surface area contributed by atoms with Crippen LogP contribution in [0.15, 0.2) is 81.2 Å². The molecule has 35 heavy (non-hydrogen) atoms. The molecule has 0 unspecified atom stereocenters. The third kappa shape index (κ3) is 4.71. The van der Waals surface area contributed by atoms with Crippen LogP contribution >= 0.6 is 24.0 Å². The van der Waals surface area contributed by atoms with Crippen molar-refractivity contribution in [1.29, 1.82) is 0 Å². The molecule has 10 heteroatoms. The molecule has 1 N–H and O–H groups in total. The molecule has 0 radical (unpaired) electrons. The van der Waals surface area contributed by atoms with Crippen LogP contribution in [0.5, 0.6) is 5.75 Å². The molecule has 1 aliphatic heterocycles. The normalized spacial score (nSPS) is 14.8. The van der Waals surface area contributed by atoms with Gasteiger partial charge < -0.3 is 14.5 Å². The van der Waals surface area contributed by atoms with E-state index in [9.17, 15) is 9.59 Å². The van der Waals surface area contributed by atoms with Crippen LogP contribution in [0.4, 0.5) is 5.82 Å². The summed E-state index contributed by atoms with van der Waals surface area (Å²) in [6.07, 6.45) is 4.76. The molecule has 1 amide bonds. The molecule has 0 aliphatic carbocycles. The van der Waals surface area contributed by atoms with Gasteiger partial charge in [-0.05, 0) is 48.0 Å². The average molecular weight is 505 g/mol. The summed E-state index contributed by atoms with van der Waals surface area (Å²) in [6.45, 7) is 0.659. The Hall–Kier alpha value is -3.89. The number of thiocarbonyl (C=S) groups is 1.